The third kappa shape index (κ3) is 4.87. The molecule has 0 fully saturated rings. The molecule has 0 aliphatic rings. The number of hydrogen-bond donors (Lipinski definition) is 2. The highest BCUT2D eigenvalue weighted by Gasteiger charge is 2.23. The minimum absolute atomic E-state index is 0.344. The molecule has 0 bridgehead atoms. The van der Waals surface area contributed by atoms with Gasteiger partial charge in [0.15, 0.2) is 6.10 Å². The molecule has 0 aliphatic carbocycles. The number of benzene rings is 1. The normalized spacial score (nSPS) is 13.3. The fourth-order valence-corrected chi connectivity index (χ4v) is 1.61. The fourth-order valence-electron chi connectivity index (χ4n) is 1.61. The van der Waals surface area contributed by atoms with E-state index in [0.717, 1.165) is 0 Å². The Morgan fingerprint density at radius 1 is 1.35 bits per heavy atom. The molecule has 0 aromatic heterocycles. The van der Waals surface area contributed by atoms with Gasteiger partial charge < -0.3 is 15.2 Å². The van der Waals surface area contributed by atoms with Crippen LogP contribution in [0.3, 0.4) is 0 Å². The quantitative estimate of drug-likeness (QED) is 0.802. The lowest BCUT2D eigenvalue weighted by molar-refractivity contribution is -0.143. The van der Waals surface area contributed by atoms with Crippen molar-refractivity contribution in [3.05, 3.63) is 30.1 Å². The van der Waals surface area contributed by atoms with Crippen LogP contribution in [0.1, 0.15) is 26.7 Å². The molecule has 1 aromatic rings. The number of rotatable bonds is 7. The number of nitrogens with one attached hydrogen (secondary N) is 1. The molecule has 2 atom stereocenters. The number of carbonyl (C=O) groups excluding carboxylic acids is 1. The first kappa shape index (κ1) is 15.9. The van der Waals surface area contributed by atoms with Crippen LogP contribution in [-0.2, 0) is 9.59 Å². The Morgan fingerprint density at radius 2 is 1.95 bits per heavy atom. The number of carboxylic acid groups (broad SMARTS) is 1. The summed E-state index contributed by atoms with van der Waals surface area (Å²) in [5.41, 5.74) is 0. The van der Waals surface area contributed by atoms with E-state index in [1.807, 2.05) is 6.92 Å². The van der Waals surface area contributed by atoms with Gasteiger partial charge in [-0.25, -0.2) is 9.18 Å². The maximum absolute atomic E-state index is 12.7. The van der Waals surface area contributed by atoms with E-state index in [1.54, 1.807) is 0 Å². The first-order valence-electron chi connectivity index (χ1n) is 6.39. The summed E-state index contributed by atoms with van der Waals surface area (Å²) in [6, 6.07) is 4.32. The maximum atomic E-state index is 12.7. The number of ether oxygens (including phenoxy) is 1. The zero-order chi connectivity index (χ0) is 15.1. The van der Waals surface area contributed by atoms with Crippen molar-refractivity contribution in [1.29, 1.82) is 0 Å². The molecular formula is C14H18FNO4. The van der Waals surface area contributed by atoms with Gasteiger partial charge in [-0.3, -0.25) is 4.79 Å². The number of amides is 1. The largest absolute Gasteiger partial charge is 0.481 e. The van der Waals surface area contributed by atoms with Gasteiger partial charge in [0, 0.05) is 0 Å². The average molecular weight is 283 g/mol. The van der Waals surface area contributed by atoms with Gasteiger partial charge in [0.1, 0.15) is 17.6 Å². The molecule has 1 unspecified atom stereocenters. The number of hydrogen-bond acceptors (Lipinski definition) is 3. The summed E-state index contributed by atoms with van der Waals surface area (Å²) in [6.45, 7) is 3.34. The number of aliphatic carboxylic acids is 1. The standard InChI is InChI=1S/C14H18FNO4/c1-3-4-12(14(18)19)16-13(17)9(2)20-11-7-5-10(15)6-8-11/h5-9,12H,3-4H2,1-2H3,(H,16,17)(H,18,19)/t9?,12-/m1/s1. The van der Waals surface area contributed by atoms with Crippen LogP contribution in [0.25, 0.3) is 0 Å². The van der Waals surface area contributed by atoms with Crippen molar-refractivity contribution in [3.63, 3.8) is 0 Å². The van der Waals surface area contributed by atoms with E-state index < -0.39 is 29.8 Å². The first-order valence-corrected chi connectivity index (χ1v) is 6.39. The molecule has 0 aliphatic heterocycles. The topological polar surface area (TPSA) is 75.6 Å². The Morgan fingerprint density at radius 3 is 2.45 bits per heavy atom. The van der Waals surface area contributed by atoms with Crippen LogP contribution >= 0.6 is 0 Å². The van der Waals surface area contributed by atoms with Crippen LogP contribution in [0, 0.1) is 5.82 Å². The predicted molar refractivity (Wildman–Crippen MR) is 71.0 cm³/mol. The van der Waals surface area contributed by atoms with Crippen LogP contribution in [0.5, 0.6) is 5.75 Å². The summed E-state index contributed by atoms with van der Waals surface area (Å²) in [5, 5.41) is 11.4. The number of carboxylic acids is 1. The summed E-state index contributed by atoms with van der Waals surface area (Å²) in [5.74, 6) is -1.65. The van der Waals surface area contributed by atoms with Crippen LogP contribution in [-0.4, -0.2) is 29.1 Å². The Hall–Kier alpha value is -2.11. The summed E-state index contributed by atoms with van der Waals surface area (Å²) in [7, 11) is 0. The van der Waals surface area contributed by atoms with Crippen molar-refractivity contribution in [2.45, 2.75) is 38.8 Å². The van der Waals surface area contributed by atoms with Gasteiger partial charge in [-0.1, -0.05) is 13.3 Å². The lowest BCUT2D eigenvalue weighted by Crippen LogP contribution is -2.46. The van der Waals surface area contributed by atoms with E-state index in [1.165, 1.54) is 31.2 Å². The van der Waals surface area contributed by atoms with E-state index in [-0.39, 0.29) is 0 Å². The lowest BCUT2D eigenvalue weighted by Gasteiger charge is -2.18. The molecule has 6 heteroatoms. The summed E-state index contributed by atoms with van der Waals surface area (Å²) >= 11 is 0. The second-order valence-electron chi connectivity index (χ2n) is 4.40. The van der Waals surface area contributed by atoms with Crippen molar-refractivity contribution in [2.75, 3.05) is 0 Å². The first-order chi connectivity index (χ1) is 9.43. The highest BCUT2D eigenvalue weighted by Crippen LogP contribution is 2.13. The minimum atomic E-state index is -1.07. The van der Waals surface area contributed by atoms with E-state index in [9.17, 15) is 14.0 Å². The minimum Gasteiger partial charge on any atom is -0.481 e. The molecule has 110 valence electrons. The molecule has 0 saturated heterocycles. The average Bonchev–Trinajstić information content (AvgIpc) is 2.40. The molecule has 1 amide bonds. The van der Waals surface area contributed by atoms with Crippen LogP contribution in [0.4, 0.5) is 4.39 Å². The molecule has 0 radical (unpaired) electrons. The molecular weight excluding hydrogens is 265 g/mol. The van der Waals surface area contributed by atoms with Gasteiger partial charge in [-0.2, -0.15) is 0 Å². The Labute approximate surface area is 116 Å². The van der Waals surface area contributed by atoms with Crippen molar-refractivity contribution < 1.29 is 23.8 Å². The fraction of sp³-hybridized carbons (Fsp3) is 0.429. The molecule has 5 nitrogen and oxygen atoms in total. The van der Waals surface area contributed by atoms with Crippen molar-refractivity contribution in [1.82, 2.24) is 5.32 Å². The smallest absolute Gasteiger partial charge is 0.326 e. The highest BCUT2D eigenvalue weighted by molar-refractivity contribution is 5.86. The van der Waals surface area contributed by atoms with Gasteiger partial charge in [0.05, 0.1) is 0 Å². The second kappa shape index (κ2) is 7.47. The second-order valence-corrected chi connectivity index (χ2v) is 4.40. The van der Waals surface area contributed by atoms with Crippen molar-refractivity contribution in [2.24, 2.45) is 0 Å². The predicted octanol–water partition coefficient (Wildman–Crippen LogP) is 1.96. The molecule has 0 heterocycles. The third-order valence-electron chi connectivity index (χ3n) is 2.69. The Bertz CT molecular complexity index is 461. The Kier molecular flexibility index (Phi) is 5.96. The van der Waals surface area contributed by atoms with Crippen molar-refractivity contribution in [3.8, 4) is 5.75 Å². The molecule has 2 N–H and O–H groups in total. The zero-order valence-corrected chi connectivity index (χ0v) is 11.4. The van der Waals surface area contributed by atoms with Crippen LogP contribution in [0.2, 0.25) is 0 Å². The monoisotopic (exact) mass is 283 g/mol. The number of halogens is 1. The zero-order valence-electron chi connectivity index (χ0n) is 11.4. The Balaban J connectivity index is 2.57. The SMILES string of the molecule is CCC[C@@H](NC(=O)C(C)Oc1ccc(F)cc1)C(=O)O. The van der Waals surface area contributed by atoms with Gasteiger partial charge >= 0.3 is 5.97 Å². The molecule has 20 heavy (non-hydrogen) atoms. The highest BCUT2D eigenvalue weighted by atomic mass is 19.1. The van der Waals surface area contributed by atoms with E-state index in [4.69, 9.17) is 9.84 Å². The lowest BCUT2D eigenvalue weighted by atomic mass is 10.1. The van der Waals surface area contributed by atoms with E-state index in [0.29, 0.717) is 18.6 Å². The summed E-state index contributed by atoms with van der Waals surface area (Å²) in [6.07, 6.45) is 0.133. The number of carbonyl (C=O) groups is 2. The van der Waals surface area contributed by atoms with Crippen LogP contribution in [0.15, 0.2) is 24.3 Å². The van der Waals surface area contributed by atoms with Gasteiger partial charge in [-0.05, 0) is 37.6 Å². The van der Waals surface area contributed by atoms with Crippen molar-refractivity contribution >= 4 is 11.9 Å². The van der Waals surface area contributed by atoms with Gasteiger partial charge in [-0.15, -0.1) is 0 Å². The molecule has 0 saturated carbocycles. The molecule has 1 aromatic carbocycles. The molecule has 0 spiro atoms. The van der Waals surface area contributed by atoms with Gasteiger partial charge in [0.25, 0.3) is 5.91 Å². The van der Waals surface area contributed by atoms with Crippen LogP contribution < -0.4 is 10.1 Å². The summed E-state index contributed by atoms with van der Waals surface area (Å²) in [4.78, 5) is 22.8. The summed E-state index contributed by atoms with van der Waals surface area (Å²) < 4.78 is 18.0. The van der Waals surface area contributed by atoms with E-state index in [2.05, 4.69) is 5.32 Å². The third-order valence-corrected chi connectivity index (χ3v) is 2.69. The molecule has 1 rings (SSSR count). The maximum Gasteiger partial charge on any atom is 0.326 e. The van der Waals surface area contributed by atoms with Gasteiger partial charge in [0.2, 0.25) is 0 Å². The van der Waals surface area contributed by atoms with E-state index >= 15 is 0 Å².